The lowest BCUT2D eigenvalue weighted by molar-refractivity contribution is 0.0620. The lowest BCUT2D eigenvalue weighted by Gasteiger charge is -2.30. The Kier molecular flexibility index (Phi) is 6.06. The molecule has 0 aromatic heterocycles. The molecule has 1 atom stereocenters. The zero-order chi connectivity index (χ0) is 12.7. The summed E-state index contributed by atoms with van der Waals surface area (Å²) >= 11 is 0. The molecule has 0 fully saturated rings. The van der Waals surface area contributed by atoms with Crippen LogP contribution < -0.4 is 4.90 Å². The molecule has 0 aliphatic carbocycles. The summed E-state index contributed by atoms with van der Waals surface area (Å²) in [4.78, 5) is 2.29. The van der Waals surface area contributed by atoms with Gasteiger partial charge in [0.25, 0.3) is 0 Å². The SMILES string of the molecule is CCCCOC(C)N(CC)c1cccc(C)c1. The van der Waals surface area contributed by atoms with E-state index in [4.69, 9.17) is 4.74 Å². The molecule has 0 aliphatic heterocycles. The standard InChI is InChI=1S/C15H25NO/c1-5-7-11-17-14(4)16(6-2)15-10-8-9-13(3)12-15/h8-10,12,14H,5-7,11H2,1-4H3. The van der Waals surface area contributed by atoms with Crippen molar-refractivity contribution in [1.82, 2.24) is 0 Å². The molecule has 0 heterocycles. The number of rotatable bonds is 7. The Hall–Kier alpha value is -1.02. The summed E-state index contributed by atoms with van der Waals surface area (Å²) < 4.78 is 5.86. The number of aryl methyl sites for hydroxylation is 1. The van der Waals surface area contributed by atoms with E-state index in [2.05, 4.69) is 56.9 Å². The van der Waals surface area contributed by atoms with Gasteiger partial charge in [0.2, 0.25) is 0 Å². The summed E-state index contributed by atoms with van der Waals surface area (Å²) in [6, 6.07) is 8.59. The van der Waals surface area contributed by atoms with Crippen LogP contribution in [0.2, 0.25) is 0 Å². The molecule has 2 heteroatoms. The monoisotopic (exact) mass is 235 g/mol. The van der Waals surface area contributed by atoms with E-state index < -0.39 is 0 Å². The summed E-state index contributed by atoms with van der Waals surface area (Å²) in [7, 11) is 0. The van der Waals surface area contributed by atoms with Gasteiger partial charge in [-0.3, -0.25) is 0 Å². The number of anilines is 1. The van der Waals surface area contributed by atoms with Crippen LogP contribution in [-0.4, -0.2) is 19.4 Å². The first-order valence-corrected chi connectivity index (χ1v) is 6.64. The highest BCUT2D eigenvalue weighted by Gasteiger charge is 2.12. The molecular weight excluding hydrogens is 210 g/mol. The number of hydrogen-bond donors (Lipinski definition) is 0. The average Bonchev–Trinajstić information content (AvgIpc) is 2.30. The summed E-state index contributed by atoms with van der Waals surface area (Å²) in [5.41, 5.74) is 2.54. The lowest BCUT2D eigenvalue weighted by atomic mass is 10.2. The minimum absolute atomic E-state index is 0.147. The van der Waals surface area contributed by atoms with Crippen LogP contribution >= 0.6 is 0 Å². The van der Waals surface area contributed by atoms with Crippen LogP contribution in [0.3, 0.4) is 0 Å². The summed E-state index contributed by atoms with van der Waals surface area (Å²) in [6.45, 7) is 10.4. The molecule has 0 saturated carbocycles. The number of benzene rings is 1. The fourth-order valence-corrected chi connectivity index (χ4v) is 1.94. The molecule has 1 rings (SSSR count). The average molecular weight is 235 g/mol. The van der Waals surface area contributed by atoms with Crippen molar-refractivity contribution in [2.75, 3.05) is 18.1 Å². The highest BCUT2D eigenvalue weighted by molar-refractivity contribution is 5.48. The van der Waals surface area contributed by atoms with Gasteiger partial charge in [-0.15, -0.1) is 0 Å². The van der Waals surface area contributed by atoms with Crippen molar-refractivity contribution in [1.29, 1.82) is 0 Å². The van der Waals surface area contributed by atoms with Gasteiger partial charge < -0.3 is 9.64 Å². The molecule has 0 amide bonds. The second-order valence-electron chi connectivity index (χ2n) is 4.45. The predicted octanol–water partition coefficient (Wildman–Crippen LogP) is 3.98. The number of ether oxygens (including phenoxy) is 1. The van der Waals surface area contributed by atoms with Crippen molar-refractivity contribution in [2.45, 2.75) is 46.8 Å². The molecule has 1 unspecified atom stereocenters. The lowest BCUT2D eigenvalue weighted by Crippen LogP contribution is -2.35. The smallest absolute Gasteiger partial charge is 0.127 e. The van der Waals surface area contributed by atoms with Gasteiger partial charge in [0, 0.05) is 18.8 Å². The third-order valence-electron chi connectivity index (χ3n) is 2.97. The maximum Gasteiger partial charge on any atom is 0.127 e. The van der Waals surface area contributed by atoms with Crippen LogP contribution in [0, 0.1) is 6.92 Å². The van der Waals surface area contributed by atoms with Crippen molar-refractivity contribution < 1.29 is 4.74 Å². The highest BCUT2D eigenvalue weighted by atomic mass is 16.5. The second kappa shape index (κ2) is 7.33. The van der Waals surface area contributed by atoms with Gasteiger partial charge in [0.15, 0.2) is 0 Å². The summed E-state index contributed by atoms with van der Waals surface area (Å²) in [5.74, 6) is 0. The van der Waals surface area contributed by atoms with E-state index in [0.717, 1.165) is 19.6 Å². The Morgan fingerprint density at radius 3 is 2.65 bits per heavy atom. The predicted molar refractivity (Wildman–Crippen MR) is 74.5 cm³/mol. The second-order valence-corrected chi connectivity index (χ2v) is 4.45. The molecule has 0 aliphatic rings. The Morgan fingerprint density at radius 1 is 1.29 bits per heavy atom. The molecular formula is C15H25NO. The molecule has 96 valence electrons. The Bertz CT molecular complexity index is 324. The van der Waals surface area contributed by atoms with Crippen LogP contribution in [0.15, 0.2) is 24.3 Å². The molecule has 0 N–H and O–H groups in total. The van der Waals surface area contributed by atoms with Gasteiger partial charge in [-0.2, -0.15) is 0 Å². The normalized spacial score (nSPS) is 12.5. The summed E-state index contributed by atoms with van der Waals surface area (Å²) in [5, 5.41) is 0. The van der Waals surface area contributed by atoms with Crippen molar-refractivity contribution >= 4 is 5.69 Å². The fraction of sp³-hybridized carbons (Fsp3) is 0.600. The third kappa shape index (κ3) is 4.39. The van der Waals surface area contributed by atoms with Crippen molar-refractivity contribution in [3.05, 3.63) is 29.8 Å². The molecule has 0 radical (unpaired) electrons. The molecule has 0 bridgehead atoms. The Labute approximate surface area is 106 Å². The largest absolute Gasteiger partial charge is 0.359 e. The van der Waals surface area contributed by atoms with Crippen LogP contribution in [0.25, 0.3) is 0 Å². The topological polar surface area (TPSA) is 12.5 Å². The molecule has 0 spiro atoms. The van der Waals surface area contributed by atoms with E-state index in [1.165, 1.54) is 17.7 Å². The maximum atomic E-state index is 5.86. The first kappa shape index (κ1) is 14.0. The summed E-state index contributed by atoms with van der Waals surface area (Å²) in [6.07, 6.45) is 2.47. The quantitative estimate of drug-likeness (QED) is 0.523. The van der Waals surface area contributed by atoms with E-state index in [1.807, 2.05) is 0 Å². The number of hydrogen-bond acceptors (Lipinski definition) is 2. The maximum absolute atomic E-state index is 5.86. The minimum atomic E-state index is 0.147. The van der Waals surface area contributed by atoms with Crippen LogP contribution in [0.5, 0.6) is 0 Å². The van der Waals surface area contributed by atoms with Crippen molar-refractivity contribution in [2.24, 2.45) is 0 Å². The Balaban J connectivity index is 2.63. The highest BCUT2D eigenvalue weighted by Crippen LogP contribution is 2.18. The molecule has 0 saturated heterocycles. The molecule has 17 heavy (non-hydrogen) atoms. The number of unbranched alkanes of at least 4 members (excludes halogenated alkanes) is 1. The van der Waals surface area contributed by atoms with Crippen molar-refractivity contribution in [3.8, 4) is 0 Å². The molecule has 1 aromatic carbocycles. The van der Waals surface area contributed by atoms with E-state index in [0.29, 0.717) is 0 Å². The first-order chi connectivity index (χ1) is 8.19. The van der Waals surface area contributed by atoms with Gasteiger partial charge in [-0.1, -0.05) is 25.5 Å². The first-order valence-electron chi connectivity index (χ1n) is 6.64. The van der Waals surface area contributed by atoms with Gasteiger partial charge in [0.1, 0.15) is 6.23 Å². The van der Waals surface area contributed by atoms with Gasteiger partial charge in [-0.05, 0) is 44.9 Å². The minimum Gasteiger partial charge on any atom is -0.359 e. The van der Waals surface area contributed by atoms with Crippen LogP contribution in [0.4, 0.5) is 5.69 Å². The Morgan fingerprint density at radius 2 is 2.06 bits per heavy atom. The number of nitrogens with zero attached hydrogens (tertiary/aromatic N) is 1. The van der Waals surface area contributed by atoms with E-state index in [-0.39, 0.29) is 6.23 Å². The van der Waals surface area contributed by atoms with Crippen LogP contribution in [-0.2, 0) is 4.74 Å². The van der Waals surface area contributed by atoms with Crippen LogP contribution in [0.1, 0.15) is 39.2 Å². The zero-order valence-corrected chi connectivity index (χ0v) is 11.6. The van der Waals surface area contributed by atoms with E-state index in [1.54, 1.807) is 0 Å². The van der Waals surface area contributed by atoms with E-state index >= 15 is 0 Å². The fourth-order valence-electron chi connectivity index (χ4n) is 1.94. The van der Waals surface area contributed by atoms with Gasteiger partial charge in [0.05, 0.1) is 0 Å². The molecule has 2 nitrogen and oxygen atoms in total. The van der Waals surface area contributed by atoms with Gasteiger partial charge >= 0.3 is 0 Å². The van der Waals surface area contributed by atoms with Gasteiger partial charge in [-0.25, -0.2) is 0 Å². The molecule has 1 aromatic rings. The third-order valence-corrected chi connectivity index (χ3v) is 2.97. The zero-order valence-electron chi connectivity index (χ0n) is 11.6. The van der Waals surface area contributed by atoms with E-state index in [9.17, 15) is 0 Å². The van der Waals surface area contributed by atoms with Crippen molar-refractivity contribution in [3.63, 3.8) is 0 Å².